The van der Waals surface area contributed by atoms with E-state index < -0.39 is 12.0 Å². The van der Waals surface area contributed by atoms with Gasteiger partial charge < -0.3 is 9.84 Å². The van der Waals surface area contributed by atoms with Gasteiger partial charge in [-0.1, -0.05) is 43.7 Å². The van der Waals surface area contributed by atoms with Crippen molar-refractivity contribution in [2.24, 2.45) is 5.92 Å². The zero-order chi connectivity index (χ0) is 17.9. The number of hydrogen-bond acceptors (Lipinski definition) is 4. The van der Waals surface area contributed by atoms with Crippen molar-refractivity contribution in [3.63, 3.8) is 0 Å². The van der Waals surface area contributed by atoms with Crippen molar-refractivity contribution in [3.8, 4) is 0 Å². The summed E-state index contributed by atoms with van der Waals surface area (Å²) < 4.78 is 5.46. The minimum Gasteiger partial charge on any atom is -0.392 e. The van der Waals surface area contributed by atoms with E-state index in [1.165, 1.54) is 5.56 Å². The molecule has 1 aliphatic rings. The third kappa shape index (κ3) is 7.14. The molecule has 25 heavy (non-hydrogen) atoms. The SMILES string of the molecule is CCC[C@@H](O)[C@@H](CCCc1ccccc1)C(=O)NOC1CCCCO1. The van der Waals surface area contributed by atoms with E-state index in [1.807, 2.05) is 25.1 Å². The quantitative estimate of drug-likeness (QED) is 0.636. The van der Waals surface area contributed by atoms with Crippen molar-refractivity contribution in [3.05, 3.63) is 35.9 Å². The number of amides is 1. The van der Waals surface area contributed by atoms with Crippen LogP contribution in [-0.4, -0.2) is 30.0 Å². The van der Waals surface area contributed by atoms with Crippen molar-refractivity contribution in [2.45, 2.75) is 70.7 Å². The summed E-state index contributed by atoms with van der Waals surface area (Å²) >= 11 is 0. The minimum atomic E-state index is -0.642. The van der Waals surface area contributed by atoms with Gasteiger partial charge in [-0.05, 0) is 44.1 Å². The third-order valence-corrected chi connectivity index (χ3v) is 4.64. The molecule has 2 rings (SSSR count). The highest BCUT2D eigenvalue weighted by Crippen LogP contribution is 2.19. The number of hydroxylamine groups is 1. The molecule has 1 aromatic rings. The minimum absolute atomic E-state index is 0.247. The van der Waals surface area contributed by atoms with Gasteiger partial charge in [0.05, 0.1) is 12.0 Å². The maximum atomic E-state index is 12.5. The van der Waals surface area contributed by atoms with Crippen LogP contribution in [0.4, 0.5) is 0 Å². The lowest BCUT2D eigenvalue weighted by atomic mass is 9.91. The summed E-state index contributed by atoms with van der Waals surface area (Å²) in [5.41, 5.74) is 3.77. The van der Waals surface area contributed by atoms with Gasteiger partial charge in [0.15, 0.2) is 6.29 Å². The van der Waals surface area contributed by atoms with Crippen molar-refractivity contribution < 1.29 is 19.5 Å². The Labute approximate surface area is 150 Å². The van der Waals surface area contributed by atoms with Gasteiger partial charge in [-0.2, -0.15) is 0 Å². The summed E-state index contributed by atoms with van der Waals surface area (Å²) in [5.74, 6) is -0.699. The van der Waals surface area contributed by atoms with Gasteiger partial charge in [-0.3, -0.25) is 4.79 Å². The van der Waals surface area contributed by atoms with Gasteiger partial charge in [0.25, 0.3) is 0 Å². The number of nitrogens with one attached hydrogen (secondary N) is 1. The molecule has 3 atom stereocenters. The Morgan fingerprint density at radius 3 is 2.80 bits per heavy atom. The van der Waals surface area contributed by atoms with Crippen molar-refractivity contribution in [2.75, 3.05) is 6.61 Å². The van der Waals surface area contributed by atoms with E-state index in [1.54, 1.807) is 0 Å². The fraction of sp³-hybridized carbons (Fsp3) is 0.650. The molecule has 1 fully saturated rings. The van der Waals surface area contributed by atoms with Gasteiger partial charge in [0.2, 0.25) is 5.91 Å². The molecule has 1 saturated heterocycles. The van der Waals surface area contributed by atoms with E-state index >= 15 is 0 Å². The number of aryl methyl sites for hydroxylation is 1. The lowest BCUT2D eigenvalue weighted by molar-refractivity contribution is -0.203. The maximum absolute atomic E-state index is 12.5. The Balaban J connectivity index is 1.81. The summed E-state index contributed by atoms with van der Waals surface area (Å²) in [5, 5.41) is 10.4. The number of aliphatic hydroxyl groups excluding tert-OH is 1. The smallest absolute Gasteiger partial charge is 0.249 e. The van der Waals surface area contributed by atoms with Gasteiger partial charge >= 0.3 is 0 Å². The zero-order valence-electron chi connectivity index (χ0n) is 15.2. The van der Waals surface area contributed by atoms with Gasteiger partial charge in [0.1, 0.15) is 0 Å². The van der Waals surface area contributed by atoms with Crippen LogP contribution in [0, 0.1) is 5.92 Å². The summed E-state index contributed by atoms with van der Waals surface area (Å²) in [6.07, 6.45) is 5.69. The molecule has 0 saturated carbocycles. The van der Waals surface area contributed by atoms with Crippen LogP contribution in [0.1, 0.15) is 57.4 Å². The monoisotopic (exact) mass is 349 g/mol. The molecule has 0 aliphatic carbocycles. The van der Waals surface area contributed by atoms with Gasteiger partial charge in [0, 0.05) is 13.0 Å². The molecule has 2 N–H and O–H groups in total. The molecule has 1 aliphatic heterocycles. The second-order valence-electron chi connectivity index (χ2n) is 6.72. The normalized spacial score (nSPS) is 20.0. The number of carbonyl (C=O) groups excluding carboxylic acids is 1. The lowest BCUT2D eigenvalue weighted by Crippen LogP contribution is -2.40. The Kier molecular flexibility index (Phi) is 8.94. The first-order valence-corrected chi connectivity index (χ1v) is 9.49. The largest absolute Gasteiger partial charge is 0.392 e. The molecule has 5 nitrogen and oxygen atoms in total. The number of benzene rings is 1. The summed E-state index contributed by atoms with van der Waals surface area (Å²) in [6.45, 7) is 2.67. The molecule has 140 valence electrons. The summed E-state index contributed by atoms with van der Waals surface area (Å²) in [4.78, 5) is 17.9. The highest BCUT2D eigenvalue weighted by molar-refractivity contribution is 5.78. The predicted octanol–water partition coefficient (Wildman–Crippen LogP) is 3.36. The van der Waals surface area contributed by atoms with Crippen LogP contribution in [0.5, 0.6) is 0 Å². The van der Waals surface area contributed by atoms with E-state index in [0.29, 0.717) is 19.4 Å². The van der Waals surface area contributed by atoms with Crippen LogP contribution < -0.4 is 5.48 Å². The number of ether oxygens (including phenoxy) is 1. The first-order chi connectivity index (χ1) is 12.2. The third-order valence-electron chi connectivity index (χ3n) is 4.64. The van der Waals surface area contributed by atoms with Crippen LogP contribution in [0.2, 0.25) is 0 Å². The van der Waals surface area contributed by atoms with Crippen molar-refractivity contribution >= 4 is 5.91 Å². The second-order valence-corrected chi connectivity index (χ2v) is 6.72. The Bertz CT molecular complexity index is 488. The molecule has 1 aromatic carbocycles. The van der Waals surface area contributed by atoms with E-state index in [2.05, 4.69) is 17.6 Å². The van der Waals surface area contributed by atoms with Crippen LogP contribution in [0.3, 0.4) is 0 Å². The molecule has 0 spiro atoms. The molecule has 1 amide bonds. The molecule has 5 heteroatoms. The fourth-order valence-corrected chi connectivity index (χ4v) is 3.17. The van der Waals surface area contributed by atoms with E-state index in [4.69, 9.17) is 9.57 Å². The van der Waals surface area contributed by atoms with Gasteiger partial charge in [-0.25, -0.2) is 10.3 Å². The van der Waals surface area contributed by atoms with Crippen molar-refractivity contribution in [1.82, 2.24) is 5.48 Å². The van der Waals surface area contributed by atoms with Crippen LogP contribution in [-0.2, 0) is 20.8 Å². The number of rotatable bonds is 10. The molecule has 1 unspecified atom stereocenters. The number of hydrogen-bond donors (Lipinski definition) is 2. The molecule has 1 heterocycles. The standard InChI is InChI=1S/C20H31NO4/c1-2-9-18(22)17(13-8-12-16-10-4-3-5-11-16)20(23)21-25-19-14-6-7-15-24-19/h3-5,10-11,17-19,22H,2,6-9,12-15H2,1H3,(H,21,23)/t17-,18-,19?/m1/s1. The van der Waals surface area contributed by atoms with Gasteiger partial charge in [-0.15, -0.1) is 0 Å². The average molecular weight is 349 g/mol. The van der Waals surface area contributed by atoms with Crippen LogP contribution in [0.25, 0.3) is 0 Å². The predicted molar refractivity (Wildman–Crippen MR) is 96.6 cm³/mol. The first kappa shape index (κ1) is 19.9. The molecule has 0 radical (unpaired) electrons. The average Bonchev–Trinajstić information content (AvgIpc) is 2.65. The molecule has 0 aromatic heterocycles. The molecular weight excluding hydrogens is 318 g/mol. The first-order valence-electron chi connectivity index (χ1n) is 9.49. The van der Waals surface area contributed by atoms with Crippen molar-refractivity contribution in [1.29, 1.82) is 0 Å². The lowest BCUT2D eigenvalue weighted by Gasteiger charge is -2.25. The number of aliphatic hydroxyl groups is 1. The maximum Gasteiger partial charge on any atom is 0.249 e. The second kappa shape index (κ2) is 11.2. The van der Waals surface area contributed by atoms with E-state index in [-0.39, 0.29) is 12.2 Å². The van der Waals surface area contributed by atoms with E-state index in [0.717, 1.165) is 38.5 Å². The Morgan fingerprint density at radius 2 is 2.12 bits per heavy atom. The number of carbonyl (C=O) groups is 1. The van der Waals surface area contributed by atoms with Crippen LogP contribution in [0.15, 0.2) is 30.3 Å². The highest BCUT2D eigenvalue weighted by atomic mass is 16.8. The summed E-state index contributed by atoms with van der Waals surface area (Å²) in [6, 6.07) is 10.2. The molecular formula is C20H31NO4. The molecule has 0 bridgehead atoms. The Morgan fingerprint density at radius 1 is 1.32 bits per heavy atom. The highest BCUT2D eigenvalue weighted by Gasteiger charge is 2.27. The van der Waals surface area contributed by atoms with Crippen LogP contribution >= 0.6 is 0 Å². The summed E-state index contributed by atoms with van der Waals surface area (Å²) in [7, 11) is 0. The van der Waals surface area contributed by atoms with E-state index in [9.17, 15) is 9.90 Å². The zero-order valence-corrected chi connectivity index (χ0v) is 15.2. The topological polar surface area (TPSA) is 67.8 Å². The fourth-order valence-electron chi connectivity index (χ4n) is 3.17. The Hall–Kier alpha value is -1.43.